The normalized spacial score (nSPS) is 13.3. The molecular weight excluding hydrogens is 671 g/mol. The van der Waals surface area contributed by atoms with Gasteiger partial charge >= 0.3 is 0 Å². The van der Waals surface area contributed by atoms with Gasteiger partial charge in [0, 0.05) is 61.1 Å². The molecule has 0 aliphatic carbocycles. The van der Waals surface area contributed by atoms with Gasteiger partial charge in [0.05, 0.1) is 0 Å². The van der Waals surface area contributed by atoms with Crippen LogP contribution >= 0.6 is 0 Å². The number of nitrogens with zero attached hydrogens (tertiary/aromatic N) is 2. The predicted molar refractivity (Wildman–Crippen MR) is 230 cm³/mol. The van der Waals surface area contributed by atoms with Gasteiger partial charge in [-0.3, -0.25) is 0 Å². The molecule has 0 saturated carbocycles. The maximum atomic E-state index is 6.55. The second kappa shape index (κ2) is 10.7. The second-order valence-electron chi connectivity index (χ2n) is 14.9. The van der Waals surface area contributed by atoms with Crippen molar-refractivity contribution in [2.24, 2.45) is 0 Å². The van der Waals surface area contributed by atoms with E-state index in [1.54, 1.807) is 0 Å². The number of hydrogen-bond acceptors (Lipinski definition) is 4. The lowest BCUT2D eigenvalue weighted by Gasteiger charge is -2.44. The number of furan rings is 2. The molecule has 4 heterocycles. The van der Waals surface area contributed by atoms with Gasteiger partial charge < -0.3 is 18.6 Å². The van der Waals surface area contributed by atoms with E-state index in [1.165, 1.54) is 55.3 Å². The zero-order chi connectivity index (χ0) is 35.8. The number of hydrogen-bond donors (Lipinski definition) is 0. The third-order valence-corrected chi connectivity index (χ3v) is 12.0. The molecule has 11 aromatic rings. The summed E-state index contributed by atoms with van der Waals surface area (Å²) in [6.45, 7) is 0.0702. The maximum absolute atomic E-state index is 6.55. The van der Waals surface area contributed by atoms with Crippen LogP contribution in [0.2, 0.25) is 0 Å². The molecule has 5 heteroatoms. The fourth-order valence-electron chi connectivity index (χ4n) is 9.61. The van der Waals surface area contributed by atoms with Crippen LogP contribution in [-0.4, -0.2) is 6.71 Å². The summed E-state index contributed by atoms with van der Waals surface area (Å²) in [6, 6.07) is 63.7. The summed E-state index contributed by atoms with van der Waals surface area (Å²) in [5.41, 5.74) is 14.5. The van der Waals surface area contributed by atoms with E-state index in [-0.39, 0.29) is 6.71 Å². The molecule has 0 spiro atoms. The number of anilines is 6. The Bertz CT molecular complexity index is 3340. The first-order valence-electron chi connectivity index (χ1n) is 18.9. The van der Waals surface area contributed by atoms with Crippen molar-refractivity contribution in [3.8, 4) is 0 Å². The van der Waals surface area contributed by atoms with Crippen LogP contribution in [0.25, 0.3) is 65.4 Å². The summed E-state index contributed by atoms with van der Waals surface area (Å²) in [7, 11) is 0. The van der Waals surface area contributed by atoms with Crippen molar-refractivity contribution < 1.29 is 8.83 Å². The summed E-state index contributed by atoms with van der Waals surface area (Å²) in [4.78, 5) is 4.90. The first-order chi connectivity index (χ1) is 27.3. The van der Waals surface area contributed by atoms with E-state index >= 15 is 0 Å². The van der Waals surface area contributed by atoms with E-state index in [0.717, 1.165) is 60.6 Å². The van der Waals surface area contributed by atoms with Gasteiger partial charge in [-0.1, -0.05) is 97.1 Å². The topological polar surface area (TPSA) is 32.8 Å². The molecule has 4 nitrogen and oxygen atoms in total. The van der Waals surface area contributed by atoms with Crippen molar-refractivity contribution in [3.05, 3.63) is 176 Å². The van der Waals surface area contributed by atoms with Crippen molar-refractivity contribution >= 4 is 123 Å². The van der Waals surface area contributed by atoms with Crippen LogP contribution in [0.5, 0.6) is 0 Å². The van der Waals surface area contributed by atoms with E-state index in [0.29, 0.717) is 0 Å². The standard InChI is InChI=1S/C50H29BN2O2/c1-2-12-32-27-48-37(26-31(32)11-1)39-29-34(21-24-46(39)54-48)53-43-17-8-6-15-41(43)51-40-14-5-7-16-42(40)52(44-18-9-19-45(53)49(44)51)33-22-25-47-38(28-33)36-23-20-30-10-3-4-13-35(30)50(36)55-47/h1-29H. The first kappa shape index (κ1) is 29.2. The molecule has 0 saturated heterocycles. The third kappa shape index (κ3) is 3.96. The van der Waals surface area contributed by atoms with Crippen molar-refractivity contribution in [2.75, 3.05) is 9.80 Å². The third-order valence-electron chi connectivity index (χ3n) is 12.0. The quantitative estimate of drug-likeness (QED) is 0.168. The van der Waals surface area contributed by atoms with Gasteiger partial charge in [-0.2, -0.15) is 0 Å². The lowest BCUT2D eigenvalue weighted by Crippen LogP contribution is -2.61. The minimum atomic E-state index is 0.0702. The Morgan fingerprint density at radius 2 is 0.891 bits per heavy atom. The number of fused-ring (bicyclic) bond motifs is 13. The number of benzene rings is 9. The lowest BCUT2D eigenvalue weighted by molar-refractivity contribution is 0.669. The monoisotopic (exact) mass is 700 g/mol. The van der Waals surface area contributed by atoms with Crippen LogP contribution in [0.1, 0.15) is 0 Å². The Morgan fingerprint density at radius 3 is 1.60 bits per heavy atom. The SMILES string of the molecule is c1ccc2c(c1)B1c3ccccc3N(c3ccc4oc5c6ccccc6ccc5c4c3)c3cccc(c31)N2c1ccc2oc3cc4ccccc4cc3c2c1. The highest BCUT2D eigenvalue weighted by atomic mass is 16.3. The fraction of sp³-hybridized carbons (Fsp3) is 0. The molecule has 2 aliphatic rings. The minimum Gasteiger partial charge on any atom is -0.456 e. The largest absolute Gasteiger partial charge is 0.456 e. The minimum absolute atomic E-state index is 0.0702. The molecule has 9 aromatic carbocycles. The molecule has 254 valence electrons. The summed E-state index contributed by atoms with van der Waals surface area (Å²) in [6.07, 6.45) is 0. The molecule has 0 atom stereocenters. The van der Waals surface area contributed by atoms with Crippen molar-refractivity contribution in [2.45, 2.75) is 0 Å². The molecule has 2 aromatic heterocycles. The van der Waals surface area contributed by atoms with Crippen LogP contribution in [0.4, 0.5) is 34.1 Å². The van der Waals surface area contributed by atoms with E-state index in [2.05, 4.69) is 186 Å². The van der Waals surface area contributed by atoms with Gasteiger partial charge in [-0.15, -0.1) is 0 Å². The Morgan fingerprint density at radius 1 is 0.345 bits per heavy atom. The zero-order valence-corrected chi connectivity index (χ0v) is 29.5. The van der Waals surface area contributed by atoms with E-state index < -0.39 is 0 Å². The fourth-order valence-corrected chi connectivity index (χ4v) is 9.61. The van der Waals surface area contributed by atoms with E-state index in [4.69, 9.17) is 8.83 Å². The first-order valence-corrected chi connectivity index (χ1v) is 18.9. The molecule has 2 aliphatic heterocycles. The van der Waals surface area contributed by atoms with Gasteiger partial charge in [0.25, 0.3) is 6.71 Å². The molecule has 0 amide bonds. The van der Waals surface area contributed by atoms with Crippen molar-refractivity contribution in [1.82, 2.24) is 0 Å². The molecule has 0 bridgehead atoms. The second-order valence-corrected chi connectivity index (χ2v) is 14.9. The van der Waals surface area contributed by atoms with Crippen molar-refractivity contribution in [3.63, 3.8) is 0 Å². The lowest BCUT2D eigenvalue weighted by atomic mass is 9.33. The van der Waals surface area contributed by atoms with Crippen LogP contribution < -0.4 is 26.2 Å². The Hall–Kier alpha value is -7.24. The van der Waals surface area contributed by atoms with Crippen LogP contribution in [0.3, 0.4) is 0 Å². The molecule has 0 radical (unpaired) electrons. The predicted octanol–water partition coefficient (Wildman–Crippen LogP) is 11.9. The highest BCUT2D eigenvalue weighted by Gasteiger charge is 2.43. The number of para-hydroxylation sites is 2. The Kier molecular flexibility index (Phi) is 5.68. The molecule has 0 unspecified atom stereocenters. The van der Waals surface area contributed by atoms with Gasteiger partial charge in [-0.25, -0.2) is 0 Å². The van der Waals surface area contributed by atoms with Crippen molar-refractivity contribution in [1.29, 1.82) is 0 Å². The molecule has 13 rings (SSSR count). The summed E-state index contributed by atoms with van der Waals surface area (Å²) >= 11 is 0. The Balaban J connectivity index is 1.04. The van der Waals surface area contributed by atoms with Gasteiger partial charge in [-0.05, 0) is 111 Å². The molecule has 55 heavy (non-hydrogen) atoms. The average Bonchev–Trinajstić information content (AvgIpc) is 3.80. The van der Waals surface area contributed by atoms with E-state index in [9.17, 15) is 0 Å². The highest BCUT2D eigenvalue weighted by Crippen LogP contribution is 2.46. The summed E-state index contributed by atoms with van der Waals surface area (Å²) < 4.78 is 13.0. The Labute approximate surface area is 316 Å². The van der Waals surface area contributed by atoms with Crippen LogP contribution in [0, 0.1) is 0 Å². The number of rotatable bonds is 2. The molecule has 0 N–H and O–H groups in total. The zero-order valence-electron chi connectivity index (χ0n) is 29.5. The van der Waals surface area contributed by atoms with Crippen LogP contribution in [0.15, 0.2) is 185 Å². The average molecular weight is 701 g/mol. The smallest absolute Gasteiger partial charge is 0.252 e. The highest BCUT2D eigenvalue weighted by molar-refractivity contribution is 7.00. The molecule has 0 fully saturated rings. The van der Waals surface area contributed by atoms with Gasteiger partial charge in [0.2, 0.25) is 0 Å². The summed E-state index contributed by atoms with van der Waals surface area (Å²) in [5, 5.41) is 9.19. The van der Waals surface area contributed by atoms with E-state index in [1.807, 2.05) is 0 Å². The van der Waals surface area contributed by atoms with Gasteiger partial charge in [0.15, 0.2) is 0 Å². The maximum Gasteiger partial charge on any atom is 0.252 e. The van der Waals surface area contributed by atoms with Crippen LogP contribution in [-0.2, 0) is 0 Å². The summed E-state index contributed by atoms with van der Waals surface area (Å²) in [5.74, 6) is 0. The molecular formula is C50H29BN2O2. The van der Waals surface area contributed by atoms with Gasteiger partial charge in [0.1, 0.15) is 22.3 Å².